The smallest absolute Gasteiger partial charge is 0.240 e. The molecule has 8 heteroatoms. The number of carbonyl (C=O) groups is 1. The third kappa shape index (κ3) is 5.25. The van der Waals surface area contributed by atoms with Gasteiger partial charge in [0, 0.05) is 36.7 Å². The molecule has 0 radical (unpaired) electrons. The summed E-state index contributed by atoms with van der Waals surface area (Å²) in [6.07, 6.45) is 1.78. The van der Waals surface area contributed by atoms with Crippen molar-refractivity contribution in [3.63, 3.8) is 0 Å². The molecule has 0 saturated carbocycles. The standard InChI is InChI=1S/C20H21N3O3S2/c1-15-4-2-6-18(12-15)28(25,26)23-10-7-19(24)22-13-16-5-3-9-21-20(16)17-8-11-27-14-17/h2-6,8-9,11-12,14,23H,7,10,13H2,1H3,(H,22,24). The lowest BCUT2D eigenvalue weighted by Crippen LogP contribution is -2.30. The van der Waals surface area contributed by atoms with Crippen LogP contribution < -0.4 is 10.0 Å². The lowest BCUT2D eigenvalue weighted by atomic mass is 10.1. The lowest BCUT2D eigenvalue weighted by molar-refractivity contribution is -0.121. The molecule has 0 unspecified atom stereocenters. The molecular weight excluding hydrogens is 394 g/mol. The number of carbonyl (C=O) groups excluding carboxylic acids is 1. The fourth-order valence-corrected chi connectivity index (χ4v) is 4.46. The fourth-order valence-electron chi connectivity index (χ4n) is 2.69. The van der Waals surface area contributed by atoms with Crippen LogP contribution in [0, 0.1) is 6.92 Å². The van der Waals surface area contributed by atoms with Crippen molar-refractivity contribution >= 4 is 27.3 Å². The first kappa shape index (κ1) is 20.2. The van der Waals surface area contributed by atoms with Gasteiger partial charge in [-0.3, -0.25) is 9.78 Å². The number of sulfonamides is 1. The highest BCUT2D eigenvalue weighted by Gasteiger charge is 2.14. The van der Waals surface area contributed by atoms with E-state index in [-0.39, 0.29) is 23.8 Å². The second-order valence-corrected chi connectivity index (χ2v) is 8.81. The molecule has 0 aliphatic carbocycles. The number of thiophene rings is 1. The fraction of sp³-hybridized carbons (Fsp3) is 0.200. The first-order chi connectivity index (χ1) is 13.5. The van der Waals surface area contributed by atoms with E-state index in [1.165, 1.54) is 6.07 Å². The maximum Gasteiger partial charge on any atom is 0.240 e. The minimum absolute atomic E-state index is 0.0343. The molecular formula is C20H21N3O3S2. The molecule has 28 heavy (non-hydrogen) atoms. The minimum Gasteiger partial charge on any atom is -0.352 e. The monoisotopic (exact) mass is 415 g/mol. The maximum atomic E-state index is 12.3. The van der Waals surface area contributed by atoms with Gasteiger partial charge in [-0.2, -0.15) is 11.3 Å². The molecule has 0 spiro atoms. The molecule has 3 aromatic rings. The number of nitrogens with zero attached hydrogens (tertiary/aromatic N) is 1. The second kappa shape index (κ2) is 9.09. The van der Waals surface area contributed by atoms with Gasteiger partial charge in [0.1, 0.15) is 0 Å². The minimum atomic E-state index is -3.62. The van der Waals surface area contributed by atoms with Crippen LogP contribution in [0.25, 0.3) is 11.3 Å². The van der Waals surface area contributed by atoms with Crippen LogP contribution in [0.3, 0.4) is 0 Å². The number of nitrogens with one attached hydrogen (secondary N) is 2. The third-order valence-electron chi connectivity index (χ3n) is 4.11. The number of aromatic nitrogens is 1. The number of hydrogen-bond donors (Lipinski definition) is 2. The Morgan fingerprint density at radius 2 is 2.04 bits per heavy atom. The average molecular weight is 416 g/mol. The van der Waals surface area contributed by atoms with Crippen molar-refractivity contribution in [3.05, 3.63) is 70.5 Å². The number of benzene rings is 1. The van der Waals surface area contributed by atoms with E-state index in [1.54, 1.807) is 29.7 Å². The Morgan fingerprint density at radius 1 is 1.18 bits per heavy atom. The van der Waals surface area contributed by atoms with Gasteiger partial charge in [-0.1, -0.05) is 18.2 Å². The van der Waals surface area contributed by atoms with Gasteiger partial charge in [0.2, 0.25) is 15.9 Å². The van der Waals surface area contributed by atoms with Crippen LogP contribution in [0.5, 0.6) is 0 Å². The van der Waals surface area contributed by atoms with Crippen molar-refractivity contribution < 1.29 is 13.2 Å². The number of pyridine rings is 1. The number of hydrogen-bond acceptors (Lipinski definition) is 5. The van der Waals surface area contributed by atoms with Crippen molar-refractivity contribution in [2.45, 2.75) is 24.8 Å². The average Bonchev–Trinajstić information content (AvgIpc) is 3.21. The maximum absolute atomic E-state index is 12.3. The zero-order valence-electron chi connectivity index (χ0n) is 15.4. The summed E-state index contributed by atoms with van der Waals surface area (Å²) in [5.41, 5.74) is 3.62. The van der Waals surface area contributed by atoms with Gasteiger partial charge in [-0.05, 0) is 47.7 Å². The highest BCUT2D eigenvalue weighted by molar-refractivity contribution is 7.89. The molecule has 1 aromatic carbocycles. The molecule has 2 N–H and O–H groups in total. The summed E-state index contributed by atoms with van der Waals surface area (Å²) >= 11 is 1.59. The second-order valence-electron chi connectivity index (χ2n) is 6.26. The van der Waals surface area contributed by atoms with E-state index < -0.39 is 10.0 Å². The van der Waals surface area contributed by atoms with Crippen LogP contribution in [-0.4, -0.2) is 25.9 Å². The van der Waals surface area contributed by atoms with Crippen molar-refractivity contribution in [2.75, 3.05) is 6.54 Å². The zero-order valence-corrected chi connectivity index (χ0v) is 17.0. The van der Waals surface area contributed by atoms with Gasteiger partial charge in [0.15, 0.2) is 0 Å². The first-order valence-corrected chi connectivity index (χ1v) is 11.2. The van der Waals surface area contributed by atoms with Gasteiger partial charge in [0.05, 0.1) is 10.6 Å². The van der Waals surface area contributed by atoms with E-state index in [1.807, 2.05) is 41.9 Å². The van der Waals surface area contributed by atoms with E-state index in [4.69, 9.17) is 0 Å². The SMILES string of the molecule is Cc1cccc(S(=O)(=O)NCCC(=O)NCc2cccnc2-c2ccsc2)c1. The van der Waals surface area contributed by atoms with Gasteiger partial charge in [-0.15, -0.1) is 0 Å². The Bertz CT molecular complexity index is 1050. The first-order valence-electron chi connectivity index (χ1n) is 8.75. The van der Waals surface area contributed by atoms with E-state index >= 15 is 0 Å². The molecule has 0 fully saturated rings. The Hall–Kier alpha value is -2.55. The Balaban J connectivity index is 1.52. The quantitative estimate of drug-likeness (QED) is 0.592. The van der Waals surface area contributed by atoms with Gasteiger partial charge >= 0.3 is 0 Å². The number of aryl methyl sites for hydroxylation is 1. The van der Waals surface area contributed by atoms with E-state index in [0.29, 0.717) is 6.54 Å². The highest BCUT2D eigenvalue weighted by atomic mass is 32.2. The highest BCUT2D eigenvalue weighted by Crippen LogP contribution is 2.23. The molecule has 2 aromatic heterocycles. The summed E-state index contributed by atoms with van der Waals surface area (Å²) in [4.78, 5) is 16.7. The molecule has 1 amide bonds. The summed E-state index contributed by atoms with van der Waals surface area (Å²) in [6.45, 7) is 2.20. The van der Waals surface area contributed by atoms with Crippen LogP contribution in [-0.2, 0) is 21.4 Å². The van der Waals surface area contributed by atoms with Crippen molar-refractivity contribution in [2.24, 2.45) is 0 Å². The number of rotatable bonds is 8. The van der Waals surface area contributed by atoms with E-state index in [2.05, 4.69) is 15.0 Å². The Labute approximate surface area is 168 Å². The molecule has 3 rings (SSSR count). The van der Waals surface area contributed by atoms with Crippen LogP contribution in [0.15, 0.2) is 64.3 Å². The summed E-state index contributed by atoms with van der Waals surface area (Å²) in [7, 11) is -3.62. The third-order valence-corrected chi connectivity index (χ3v) is 6.25. The number of amides is 1. The predicted molar refractivity (Wildman–Crippen MR) is 110 cm³/mol. The Morgan fingerprint density at radius 3 is 2.79 bits per heavy atom. The Kier molecular flexibility index (Phi) is 6.56. The van der Waals surface area contributed by atoms with Crippen molar-refractivity contribution in [1.29, 1.82) is 0 Å². The van der Waals surface area contributed by atoms with Gasteiger partial charge in [-0.25, -0.2) is 13.1 Å². The van der Waals surface area contributed by atoms with Crippen LogP contribution in [0.1, 0.15) is 17.5 Å². The molecule has 0 saturated heterocycles. The molecule has 2 heterocycles. The predicted octanol–water partition coefficient (Wildman–Crippen LogP) is 3.10. The van der Waals surface area contributed by atoms with Crippen LogP contribution in [0.4, 0.5) is 0 Å². The molecule has 0 aliphatic heterocycles. The van der Waals surface area contributed by atoms with Gasteiger partial charge < -0.3 is 5.32 Å². The van der Waals surface area contributed by atoms with E-state index in [9.17, 15) is 13.2 Å². The summed E-state index contributed by atoms with van der Waals surface area (Å²) in [6, 6.07) is 12.4. The van der Waals surface area contributed by atoms with Crippen LogP contribution >= 0.6 is 11.3 Å². The molecule has 0 bridgehead atoms. The van der Waals surface area contributed by atoms with Gasteiger partial charge in [0.25, 0.3) is 0 Å². The topological polar surface area (TPSA) is 88.2 Å². The van der Waals surface area contributed by atoms with Crippen molar-refractivity contribution in [1.82, 2.24) is 15.0 Å². The normalized spacial score (nSPS) is 11.3. The summed E-state index contributed by atoms with van der Waals surface area (Å²) < 4.78 is 27.0. The molecule has 0 atom stereocenters. The van der Waals surface area contributed by atoms with E-state index in [0.717, 1.165) is 22.4 Å². The zero-order chi connectivity index (χ0) is 20.0. The lowest BCUT2D eigenvalue weighted by Gasteiger charge is -2.10. The van der Waals surface area contributed by atoms with Crippen LogP contribution in [0.2, 0.25) is 0 Å². The largest absolute Gasteiger partial charge is 0.352 e. The molecule has 146 valence electrons. The summed E-state index contributed by atoms with van der Waals surface area (Å²) in [5, 5.41) is 6.81. The van der Waals surface area contributed by atoms with Crippen molar-refractivity contribution in [3.8, 4) is 11.3 Å². The summed E-state index contributed by atoms with van der Waals surface area (Å²) in [5.74, 6) is -0.230. The molecule has 0 aliphatic rings. The molecule has 6 nitrogen and oxygen atoms in total.